The molecule has 3 saturated carbocycles. The number of rotatable bonds is 5. The van der Waals surface area contributed by atoms with Crippen molar-refractivity contribution in [2.45, 2.75) is 38.0 Å². The number of carbonyl (C=O) groups is 2. The number of aliphatic carboxylic acids is 1. The van der Waals surface area contributed by atoms with Crippen LogP contribution in [0.4, 0.5) is 4.79 Å². The van der Waals surface area contributed by atoms with Crippen LogP contribution in [0.25, 0.3) is 11.1 Å². The second-order valence-electron chi connectivity index (χ2n) is 9.06. The van der Waals surface area contributed by atoms with Crippen molar-refractivity contribution in [2.75, 3.05) is 13.2 Å². The first-order valence-corrected chi connectivity index (χ1v) is 10.9. The van der Waals surface area contributed by atoms with E-state index in [1.807, 2.05) is 24.3 Å². The minimum atomic E-state index is -0.841. The molecule has 6 rings (SSSR count). The Labute approximate surface area is 176 Å². The van der Waals surface area contributed by atoms with Gasteiger partial charge in [-0.05, 0) is 53.4 Å². The van der Waals surface area contributed by atoms with E-state index in [0.29, 0.717) is 12.3 Å². The number of carboxylic acids is 1. The van der Waals surface area contributed by atoms with Gasteiger partial charge in [0, 0.05) is 12.5 Å². The maximum Gasteiger partial charge on any atom is 0.407 e. The van der Waals surface area contributed by atoms with Gasteiger partial charge in [-0.2, -0.15) is 0 Å². The van der Waals surface area contributed by atoms with Crippen molar-refractivity contribution < 1.29 is 19.4 Å². The number of alkyl carbamates (subject to hydrolysis) is 1. The maximum atomic E-state index is 12.5. The van der Waals surface area contributed by atoms with Gasteiger partial charge >= 0.3 is 12.1 Å². The molecule has 2 aromatic rings. The van der Waals surface area contributed by atoms with E-state index in [1.54, 1.807) is 0 Å². The van der Waals surface area contributed by atoms with Gasteiger partial charge in [-0.15, -0.1) is 0 Å². The summed E-state index contributed by atoms with van der Waals surface area (Å²) in [5.41, 5.74) is 3.86. The molecule has 1 atom stereocenters. The highest BCUT2D eigenvalue weighted by Crippen LogP contribution is 2.52. The Kier molecular flexibility index (Phi) is 4.76. The molecule has 2 bridgehead atoms. The topological polar surface area (TPSA) is 75.6 Å². The Morgan fingerprint density at radius 2 is 1.57 bits per heavy atom. The summed E-state index contributed by atoms with van der Waals surface area (Å²) in [6.07, 6.45) is 4.26. The van der Waals surface area contributed by atoms with Crippen LogP contribution >= 0.6 is 0 Å². The zero-order valence-electron chi connectivity index (χ0n) is 17.0. The molecule has 1 unspecified atom stereocenters. The number of benzene rings is 2. The number of carbonyl (C=O) groups excluding carboxylic acids is 1. The smallest absolute Gasteiger partial charge is 0.407 e. The van der Waals surface area contributed by atoms with Gasteiger partial charge in [0.05, 0.1) is 5.41 Å². The van der Waals surface area contributed by atoms with Crippen LogP contribution < -0.4 is 5.32 Å². The lowest BCUT2D eigenvalue weighted by molar-refractivity contribution is -0.160. The second-order valence-corrected chi connectivity index (χ2v) is 9.06. The summed E-state index contributed by atoms with van der Waals surface area (Å²) >= 11 is 0. The van der Waals surface area contributed by atoms with Gasteiger partial charge in [0.1, 0.15) is 6.61 Å². The van der Waals surface area contributed by atoms with Gasteiger partial charge in [0.15, 0.2) is 0 Å². The fourth-order valence-electron chi connectivity index (χ4n) is 6.03. The van der Waals surface area contributed by atoms with Crippen LogP contribution in [0, 0.1) is 17.3 Å². The Morgan fingerprint density at radius 1 is 0.967 bits per heavy atom. The number of hydrogen-bond donors (Lipinski definition) is 2. The first-order valence-electron chi connectivity index (χ1n) is 10.9. The molecular formula is C25H27NO4. The normalized spacial score (nSPS) is 26.7. The van der Waals surface area contributed by atoms with Gasteiger partial charge in [0.2, 0.25) is 0 Å². The predicted octanol–water partition coefficient (Wildman–Crippen LogP) is 4.81. The summed E-state index contributed by atoms with van der Waals surface area (Å²) in [6, 6.07) is 16.4. The molecule has 4 aliphatic carbocycles. The largest absolute Gasteiger partial charge is 0.481 e. The quantitative estimate of drug-likeness (QED) is 0.749. The third-order valence-corrected chi connectivity index (χ3v) is 7.60. The van der Waals surface area contributed by atoms with Gasteiger partial charge in [-0.3, -0.25) is 4.79 Å². The zero-order valence-corrected chi connectivity index (χ0v) is 17.0. The van der Waals surface area contributed by atoms with Crippen molar-refractivity contribution in [2.24, 2.45) is 17.3 Å². The summed E-state index contributed by atoms with van der Waals surface area (Å²) < 4.78 is 5.59. The molecule has 0 saturated heterocycles. The Balaban J connectivity index is 1.25. The van der Waals surface area contributed by atoms with Gasteiger partial charge in [-0.25, -0.2) is 4.79 Å². The predicted molar refractivity (Wildman–Crippen MR) is 113 cm³/mol. The highest BCUT2D eigenvalue weighted by molar-refractivity contribution is 5.79. The summed E-state index contributed by atoms with van der Waals surface area (Å²) in [6.45, 7) is 0.395. The van der Waals surface area contributed by atoms with E-state index in [0.717, 1.165) is 36.8 Å². The average molecular weight is 405 g/mol. The fourth-order valence-corrected chi connectivity index (χ4v) is 6.03. The lowest BCUT2D eigenvalue weighted by Gasteiger charge is -2.49. The van der Waals surface area contributed by atoms with Gasteiger partial charge in [-0.1, -0.05) is 61.4 Å². The minimum absolute atomic E-state index is 0.00211. The first-order chi connectivity index (χ1) is 14.6. The molecule has 0 spiro atoms. The van der Waals surface area contributed by atoms with Crippen molar-refractivity contribution in [1.29, 1.82) is 0 Å². The molecule has 4 aliphatic rings. The fraction of sp³-hybridized carbons (Fsp3) is 0.440. The molecule has 0 heterocycles. The van der Waals surface area contributed by atoms with Crippen molar-refractivity contribution in [3.8, 4) is 11.1 Å². The molecule has 156 valence electrons. The number of amides is 1. The number of nitrogens with one attached hydrogen (secondary N) is 1. The van der Waals surface area contributed by atoms with Crippen molar-refractivity contribution >= 4 is 12.1 Å². The molecule has 2 aromatic carbocycles. The first kappa shape index (κ1) is 19.2. The molecular weight excluding hydrogens is 378 g/mol. The summed E-state index contributed by atoms with van der Waals surface area (Å²) in [5.74, 6) is -0.164. The molecule has 0 aliphatic heterocycles. The van der Waals surface area contributed by atoms with Crippen LogP contribution in [-0.2, 0) is 9.53 Å². The van der Waals surface area contributed by atoms with E-state index >= 15 is 0 Å². The van der Waals surface area contributed by atoms with Gasteiger partial charge < -0.3 is 15.2 Å². The monoisotopic (exact) mass is 405 g/mol. The van der Waals surface area contributed by atoms with E-state index in [2.05, 4.69) is 29.6 Å². The van der Waals surface area contributed by atoms with E-state index < -0.39 is 17.5 Å². The summed E-state index contributed by atoms with van der Waals surface area (Å²) in [7, 11) is 0. The van der Waals surface area contributed by atoms with E-state index in [-0.39, 0.29) is 25.0 Å². The molecule has 0 aromatic heterocycles. The molecule has 30 heavy (non-hydrogen) atoms. The number of carboxylic acid groups (broad SMARTS) is 1. The number of fused-ring (bicyclic) bond motifs is 6. The summed E-state index contributed by atoms with van der Waals surface area (Å²) in [4.78, 5) is 24.6. The summed E-state index contributed by atoms with van der Waals surface area (Å²) in [5, 5.41) is 12.7. The van der Waals surface area contributed by atoms with E-state index in [9.17, 15) is 14.7 Å². The molecule has 3 fully saturated rings. The standard InChI is InChI=1S/C25H27NO4/c27-23(28)25(13-16-9-11-17(25)12-10-16)15-26-24(29)30-14-22-20-7-3-1-5-18(20)19-6-2-4-8-21(19)22/h1-8,16-17,22H,9-15H2,(H,26,29)(H,27,28). The third kappa shape index (κ3) is 3.08. The zero-order chi connectivity index (χ0) is 20.7. The molecule has 1 amide bonds. The lowest BCUT2D eigenvalue weighted by atomic mass is 9.56. The molecule has 0 radical (unpaired) electrons. The SMILES string of the molecule is O=C(NCC1(C(=O)O)CC2CCC1CC2)OCC1c2ccccc2-c2ccccc21. The van der Waals surface area contributed by atoms with Crippen molar-refractivity contribution in [3.05, 3.63) is 59.7 Å². The third-order valence-electron chi connectivity index (χ3n) is 7.60. The van der Waals surface area contributed by atoms with Crippen LogP contribution in [0.5, 0.6) is 0 Å². The lowest BCUT2D eigenvalue weighted by Crippen LogP contribution is -2.53. The highest BCUT2D eigenvalue weighted by atomic mass is 16.5. The number of ether oxygens (including phenoxy) is 1. The number of hydrogen-bond acceptors (Lipinski definition) is 3. The van der Waals surface area contributed by atoms with Crippen LogP contribution in [0.3, 0.4) is 0 Å². The Hall–Kier alpha value is -2.82. The van der Waals surface area contributed by atoms with Crippen LogP contribution in [0.15, 0.2) is 48.5 Å². The van der Waals surface area contributed by atoms with Crippen LogP contribution in [-0.4, -0.2) is 30.3 Å². The van der Waals surface area contributed by atoms with Gasteiger partial charge in [0.25, 0.3) is 0 Å². The highest BCUT2D eigenvalue weighted by Gasteiger charge is 2.52. The van der Waals surface area contributed by atoms with Crippen molar-refractivity contribution in [3.63, 3.8) is 0 Å². The minimum Gasteiger partial charge on any atom is -0.481 e. The van der Waals surface area contributed by atoms with Crippen LogP contribution in [0.2, 0.25) is 0 Å². The maximum absolute atomic E-state index is 12.5. The van der Waals surface area contributed by atoms with Crippen molar-refractivity contribution in [1.82, 2.24) is 5.32 Å². The molecule has 2 N–H and O–H groups in total. The Bertz CT molecular complexity index is 933. The molecule has 5 heteroatoms. The van der Waals surface area contributed by atoms with Crippen LogP contribution in [0.1, 0.15) is 49.1 Å². The average Bonchev–Trinajstić information content (AvgIpc) is 3.11. The van der Waals surface area contributed by atoms with E-state index in [1.165, 1.54) is 11.1 Å². The molecule has 5 nitrogen and oxygen atoms in total. The second kappa shape index (κ2) is 7.46. The van der Waals surface area contributed by atoms with E-state index in [4.69, 9.17) is 4.74 Å². The Morgan fingerprint density at radius 3 is 2.10 bits per heavy atom.